The predicted molar refractivity (Wildman–Crippen MR) is 123 cm³/mol. The normalized spacial score (nSPS) is 16.7. The molecule has 31 heavy (non-hydrogen) atoms. The third-order valence-corrected chi connectivity index (χ3v) is 6.89. The molecule has 2 aromatic rings. The average Bonchev–Trinajstić information content (AvgIpc) is 3.03. The zero-order valence-corrected chi connectivity index (χ0v) is 19.1. The van der Waals surface area contributed by atoms with E-state index in [0.717, 1.165) is 11.8 Å². The van der Waals surface area contributed by atoms with Gasteiger partial charge in [0, 0.05) is 23.2 Å². The molecule has 0 spiro atoms. The SMILES string of the molecule is C=CCN1C(=O)C(=Cc2ccc(OC)cc2OC)SC1=NS(=O)(=O)c1ccc(Cl)cc1. The number of hydrogen-bond acceptors (Lipinski definition) is 6. The van der Waals surface area contributed by atoms with Crippen LogP contribution in [0.1, 0.15) is 5.56 Å². The van der Waals surface area contributed by atoms with Gasteiger partial charge in [0.05, 0.1) is 24.0 Å². The lowest BCUT2D eigenvalue weighted by molar-refractivity contribution is -0.121. The van der Waals surface area contributed by atoms with Crippen molar-refractivity contribution in [2.75, 3.05) is 20.8 Å². The molecule has 162 valence electrons. The number of halogens is 1. The molecule has 1 aliphatic rings. The van der Waals surface area contributed by atoms with Crippen LogP contribution < -0.4 is 9.47 Å². The van der Waals surface area contributed by atoms with E-state index in [9.17, 15) is 13.2 Å². The van der Waals surface area contributed by atoms with E-state index in [4.69, 9.17) is 21.1 Å². The molecule has 0 atom stereocenters. The van der Waals surface area contributed by atoms with Crippen LogP contribution >= 0.6 is 23.4 Å². The highest BCUT2D eigenvalue weighted by molar-refractivity contribution is 8.19. The Labute approximate surface area is 190 Å². The van der Waals surface area contributed by atoms with Crippen molar-refractivity contribution in [1.29, 1.82) is 0 Å². The van der Waals surface area contributed by atoms with Gasteiger partial charge < -0.3 is 9.47 Å². The fourth-order valence-electron chi connectivity index (χ4n) is 2.71. The van der Waals surface area contributed by atoms with Crippen molar-refractivity contribution >= 4 is 50.5 Å². The summed E-state index contributed by atoms with van der Waals surface area (Å²) >= 11 is 6.79. The quantitative estimate of drug-likeness (QED) is 0.438. The molecule has 0 aliphatic carbocycles. The molecule has 0 N–H and O–H groups in total. The summed E-state index contributed by atoms with van der Waals surface area (Å²) in [6.07, 6.45) is 3.12. The molecule has 1 heterocycles. The Kier molecular flexibility index (Phi) is 7.09. The Balaban J connectivity index is 2.01. The van der Waals surface area contributed by atoms with E-state index in [2.05, 4.69) is 11.0 Å². The van der Waals surface area contributed by atoms with Crippen LogP contribution in [0.15, 0.2) is 69.3 Å². The number of methoxy groups -OCH3 is 2. The third kappa shape index (κ3) is 5.12. The van der Waals surface area contributed by atoms with Crippen LogP contribution in [0.2, 0.25) is 5.02 Å². The van der Waals surface area contributed by atoms with Crippen molar-refractivity contribution in [3.63, 3.8) is 0 Å². The van der Waals surface area contributed by atoms with Gasteiger partial charge in [-0.15, -0.1) is 11.0 Å². The van der Waals surface area contributed by atoms with Gasteiger partial charge in [0.1, 0.15) is 11.5 Å². The second-order valence-corrected chi connectivity index (χ2v) is 9.28. The fraction of sp³-hybridized carbons (Fsp3) is 0.143. The summed E-state index contributed by atoms with van der Waals surface area (Å²) in [4.78, 5) is 14.5. The van der Waals surface area contributed by atoms with Crippen LogP contribution in [-0.4, -0.2) is 45.2 Å². The lowest BCUT2D eigenvalue weighted by Crippen LogP contribution is -2.29. The molecule has 1 amide bonds. The van der Waals surface area contributed by atoms with Crippen LogP contribution in [0.3, 0.4) is 0 Å². The van der Waals surface area contributed by atoms with Gasteiger partial charge in [-0.1, -0.05) is 17.7 Å². The summed E-state index contributed by atoms with van der Waals surface area (Å²) in [7, 11) is -0.990. The number of amidine groups is 1. The Morgan fingerprint density at radius 2 is 1.87 bits per heavy atom. The van der Waals surface area contributed by atoms with Crippen molar-refractivity contribution < 1.29 is 22.7 Å². The minimum Gasteiger partial charge on any atom is -0.497 e. The molecule has 0 saturated carbocycles. The summed E-state index contributed by atoms with van der Waals surface area (Å²) in [6.45, 7) is 3.75. The lowest BCUT2D eigenvalue weighted by Gasteiger charge is -2.12. The molecule has 3 rings (SSSR count). The van der Waals surface area contributed by atoms with Crippen LogP contribution in [-0.2, 0) is 14.8 Å². The predicted octanol–water partition coefficient (Wildman–Crippen LogP) is 4.20. The van der Waals surface area contributed by atoms with Gasteiger partial charge in [0.15, 0.2) is 5.17 Å². The van der Waals surface area contributed by atoms with E-state index >= 15 is 0 Å². The monoisotopic (exact) mass is 478 g/mol. The number of benzene rings is 2. The number of hydrogen-bond donors (Lipinski definition) is 0. The number of sulfonamides is 1. The van der Waals surface area contributed by atoms with Gasteiger partial charge in [-0.05, 0) is 54.2 Å². The smallest absolute Gasteiger partial charge is 0.284 e. The molecule has 0 bridgehead atoms. The first-order chi connectivity index (χ1) is 14.8. The molecule has 1 saturated heterocycles. The van der Waals surface area contributed by atoms with E-state index in [0.29, 0.717) is 27.0 Å². The molecular formula is C21H19ClN2O5S2. The number of amides is 1. The highest BCUT2D eigenvalue weighted by Gasteiger charge is 2.34. The minimum absolute atomic E-state index is 0.0229. The minimum atomic E-state index is -4.04. The highest BCUT2D eigenvalue weighted by Crippen LogP contribution is 2.36. The van der Waals surface area contributed by atoms with Crippen LogP contribution in [0, 0.1) is 0 Å². The Morgan fingerprint density at radius 1 is 1.16 bits per heavy atom. The standard InChI is InChI=1S/C21H19ClN2O5S2/c1-4-11-24-20(25)19(12-14-5-8-16(28-2)13-18(14)29-3)30-21(24)23-31(26,27)17-9-6-15(22)7-10-17/h4-10,12-13H,1,11H2,2-3H3. The largest absolute Gasteiger partial charge is 0.497 e. The molecule has 10 heteroatoms. The topological polar surface area (TPSA) is 85.3 Å². The van der Waals surface area contributed by atoms with E-state index in [1.54, 1.807) is 31.4 Å². The van der Waals surface area contributed by atoms with Gasteiger partial charge in [0.25, 0.3) is 15.9 Å². The van der Waals surface area contributed by atoms with Gasteiger partial charge in [-0.25, -0.2) is 0 Å². The maximum Gasteiger partial charge on any atom is 0.284 e. The highest BCUT2D eigenvalue weighted by atomic mass is 35.5. The van der Waals surface area contributed by atoms with Crippen molar-refractivity contribution in [1.82, 2.24) is 4.90 Å². The lowest BCUT2D eigenvalue weighted by atomic mass is 10.1. The number of carbonyl (C=O) groups is 1. The zero-order chi connectivity index (χ0) is 22.6. The van der Waals surface area contributed by atoms with E-state index in [-0.39, 0.29) is 22.5 Å². The van der Waals surface area contributed by atoms with Crippen molar-refractivity contribution in [3.8, 4) is 11.5 Å². The van der Waals surface area contributed by atoms with Crippen LogP contribution in [0.5, 0.6) is 11.5 Å². The van der Waals surface area contributed by atoms with Crippen LogP contribution in [0.4, 0.5) is 0 Å². The number of nitrogens with zero attached hydrogens (tertiary/aromatic N) is 2. The van der Waals surface area contributed by atoms with E-state index in [1.807, 2.05) is 0 Å². The molecular weight excluding hydrogens is 460 g/mol. The number of ether oxygens (including phenoxy) is 2. The summed E-state index contributed by atoms with van der Waals surface area (Å²) in [5, 5.41) is 0.447. The summed E-state index contributed by atoms with van der Waals surface area (Å²) in [6, 6.07) is 10.8. The third-order valence-electron chi connectivity index (χ3n) is 4.24. The maximum absolute atomic E-state index is 12.9. The second kappa shape index (κ2) is 9.59. The first-order valence-electron chi connectivity index (χ1n) is 8.94. The van der Waals surface area contributed by atoms with Crippen molar-refractivity contribution in [2.45, 2.75) is 4.90 Å². The molecule has 0 unspecified atom stereocenters. The second-order valence-electron chi connectivity index (χ2n) is 6.23. The molecule has 0 radical (unpaired) electrons. The average molecular weight is 479 g/mol. The first-order valence-corrected chi connectivity index (χ1v) is 11.6. The molecule has 2 aromatic carbocycles. The van der Waals surface area contributed by atoms with Gasteiger partial charge in [-0.2, -0.15) is 8.42 Å². The Morgan fingerprint density at radius 3 is 2.48 bits per heavy atom. The van der Waals surface area contributed by atoms with E-state index < -0.39 is 10.0 Å². The summed E-state index contributed by atoms with van der Waals surface area (Å²) in [5.74, 6) is 0.733. The van der Waals surface area contributed by atoms with Gasteiger partial charge in [-0.3, -0.25) is 9.69 Å². The number of carbonyl (C=O) groups excluding carboxylic acids is 1. The first kappa shape index (κ1) is 22.9. The molecule has 1 fully saturated rings. The Bertz CT molecular complexity index is 1170. The van der Waals surface area contributed by atoms with Crippen molar-refractivity contribution in [2.24, 2.45) is 4.40 Å². The number of rotatable bonds is 7. The van der Waals surface area contributed by atoms with Gasteiger partial charge >= 0.3 is 0 Å². The maximum atomic E-state index is 12.9. The molecule has 0 aromatic heterocycles. The number of thioether (sulfide) groups is 1. The fourth-order valence-corrected chi connectivity index (χ4v) is 5.01. The van der Waals surface area contributed by atoms with Crippen LogP contribution in [0.25, 0.3) is 6.08 Å². The Hall–Kier alpha value is -2.75. The van der Waals surface area contributed by atoms with Crippen molar-refractivity contribution in [3.05, 3.63) is 70.6 Å². The van der Waals surface area contributed by atoms with E-state index in [1.165, 1.54) is 42.4 Å². The van der Waals surface area contributed by atoms with Gasteiger partial charge in [0.2, 0.25) is 0 Å². The zero-order valence-electron chi connectivity index (χ0n) is 16.7. The summed E-state index contributed by atoms with van der Waals surface area (Å²) < 4.78 is 39.9. The summed E-state index contributed by atoms with van der Waals surface area (Å²) in [5.41, 5.74) is 0.638. The molecule has 7 nitrogen and oxygen atoms in total. The molecule has 1 aliphatic heterocycles.